The van der Waals surface area contributed by atoms with E-state index in [4.69, 9.17) is 0 Å². The van der Waals surface area contributed by atoms with Crippen molar-refractivity contribution in [2.24, 2.45) is 11.8 Å². The van der Waals surface area contributed by atoms with Crippen LogP contribution in [-0.2, 0) is 9.59 Å². The zero-order valence-corrected chi connectivity index (χ0v) is 15.1. The molecular weight excluding hydrogens is 312 g/mol. The highest BCUT2D eigenvalue weighted by molar-refractivity contribution is 6.03. The molecule has 0 saturated heterocycles. The Morgan fingerprint density at radius 2 is 1.36 bits per heavy atom. The van der Waals surface area contributed by atoms with E-state index in [2.05, 4.69) is 16.7 Å². The van der Waals surface area contributed by atoms with E-state index < -0.39 is 0 Å². The van der Waals surface area contributed by atoms with Crippen LogP contribution in [0.3, 0.4) is 0 Å². The Kier molecular flexibility index (Phi) is 4.62. The van der Waals surface area contributed by atoms with Gasteiger partial charge in [-0.15, -0.1) is 0 Å². The molecule has 4 nitrogen and oxygen atoms in total. The summed E-state index contributed by atoms with van der Waals surface area (Å²) in [7, 11) is 0. The van der Waals surface area contributed by atoms with E-state index >= 15 is 0 Å². The van der Waals surface area contributed by atoms with Gasteiger partial charge in [-0.2, -0.15) is 0 Å². The molecule has 0 heterocycles. The first-order valence-corrected chi connectivity index (χ1v) is 8.61. The molecule has 2 unspecified atom stereocenters. The standard InChI is InChI=1S/C21H24N2O2/c1-12-8-13(2)10-16(9-12)22-20(24)17-11-18(17)21(25)23-19-14(3)6-5-7-15(19)4/h5-10,17-18H,11H2,1-4H3,(H,22,24)(H,23,25). The van der Waals surface area contributed by atoms with Gasteiger partial charge in [-0.25, -0.2) is 0 Å². The van der Waals surface area contributed by atoms with Gasteiger partial charge in [0.25, 0.3) is 0 Å². The van der Waals surface area contributed by atoms with Crippen LogP contribution in [0.1, 0.15) is 28.7 Å². The fraction of sp³-hybridized carbons (Fsp3) is 0.333. The molecule has 1 fully saturated rings. The summed E-state index contributed by atoms with van der Waals surface area (Å²) in [6, 6.07) is 11.9. The molecule has 0 aromatic heterocycles. The summed E-state index contributed by atoms with van der Waals surface area (Å²) >= 11 is 0. The average Bonchev–Trinajstić information content (AvgIpc) is 3.30. The van der Waals surface area contributed by atoms with E-state index in [1.165, 1.54) is 0 Å². The Balaban J connectivity index is 1.62. The van der Waals surface area contributed by atoms with Crippen LogP contribution in [0, 0.1) is 39.5 Å². The lowest BCUT2D eigenvalue weighted by Crippen LogP contribution is -2.21. The van der Waals surface area contributed by atoms with Crippen molar-refractivity contribution in [1.82, 2.24) is 0 Å². The van der Waals surface area contributed by atoms with Gasteiger partial charge in [-0.05, 0) is 68.5 Å². The van der Waals surface area contributed by atoms with Crippen LogP contribution in [0.25, 0.3) is 0 Å². The van der Waals surface area contributed by atoms with Crippen molar-refractivity contribution in [2.75, 3.05) is 10.6 Å². The number of carbonyl (C=O) groups excluding carboxylic acids is 2. The van der Waals surface area contributed by atoms with Crippen LogP contribution in [0.15, 0.2) is 36.4 Å². The van der Waals surface area contributed by atoms with E-state index in [-0.39, 0.29) is 23.7 Å². The van der Waals surface area contributed by atoms with Gasteiger partial charge in [0.1, 0.15) is 0 Å². The molecule has 2 aromatic carbocycles. The molecule has 0 radical (unpaired) electrons. The van der Waals surface area contributed by atoms with Crippen LogP contribution in [0.4, 0.5) is 11.4 Å². The Labute approximate surface area is 148 Å². The summed E-state index contributed by atoms with van der Waals surface area (Å²) in [5.74, 6) is -0.639. The predicted octanol–water partition coefficient (Wildman–Crippen LogP) is 4.13. The summed E-state index contributed by atoms with van der Waals surface area (Å²) in [5, 5.41) is 5.93. The van der Waals surface area contributed by atoms with Crippen molar-refractivity contribution in [1.29, 1.82) is 0 Å². The van der Waals surface area contributed by atoms with Gasteiger partial charge in [0.2, 0.25) is 11.8 Å². The van der Waals surface area contributed by atoms with Crippen LogP contribution in [0.2, 0.25) is 0 Å². The summed E-state index contributed by atoms with van der Waals surface area (Å²) in [6.07, 6.45) is 0.605. The lowest BCUT2D eigenvalue weighted by molar-refractivity contribution is -0.122. The summed E-state index contributed by atoms with van der Waals surface area (Å²) in [5.41, 5.74) is 5.93. The van der Waals surface area contributed by atoms with E-state index in [0.717, 1.165) is 33.6 Å². The monoisotopic (exact) mass is 336 g/mol. The van der Waals surface area contributed by atoms with E-state index in [9.17, 15) is 9.59 Å². The lowest BCUT2D eigenvalue weighted by atomic mass is 10.1. The third-order valence-corrected chi connectivity index (χ3v) is 4.68. The molecule has 2 N–H and O–H groups in total. The number of nitrogens with one attached hydrogen (secondary N) is 2. The van der Waals surface area contributed by atoms with Crippen LogP contribution >= 0.6 is 0 Å². The minimum absolute atomic E-state index is 0.0713. The van der Waals surface area contributed by atoms with Gasteiger partial charge in [-0.3, -0.25) is 9.59 Å². The molecule has 1 saturated carbocycles. The topological polar surface area (TPSA) is 58.2 Å². The maximum absolute atomic E-state index is 12.5. The van der Waals surface area contributed by atoms with Crippen molar-refractivity contribution in [3.8, 4) is 0 Å². The molecule has 1 aliphatic rings. The number of rotatable bonds is 4. The maximum atomic E-state index is 12.5. The Hall–Kier alpha value is -2.62. The molecule has 130 valence electrons. The normalized spacial score (nSPS) is 18.6. The molecule has 3 rings (SSSR count). The smallest absolute Gasteiger partial charge is 0.228 e. The van der Waals surface area contributed by atoms with Gasteiger partial charge in [0.15, 0.2) is 0 Å². The summed E-state index contributed by atoms with van der Waals surface area (Å²) in [4.78, 5) is 24.9. The number of anilines is 2. The molecule has 0 aliphatic heterocycles. The number of hydrogen-bond donors (Lipinski definition) is 2. The first kappa shape index (κ1) is 17.2. The van der Waals surface area contributed by atoms with Gasteiger partial charge in [0.05, 0.1) is 11.8 Å². The first-order valence-electron chi connectivity index (χ1n) is 8.61. The number of hydrogen-bond acceptors (Lipinski definition) is 2. The molecule has 2 aromatic rings. The number of aryl methyl sites for hydroxylation is 4. The van der Waals surface area contributed by atoms with Gasteiger partial charge in [-0.1, -0.05) is 24.3 Å². The maximum Gasteiger partial charge on any atom is 0.228 e. The Bertz CT molecular complexity index is 801. The highest BCUT2D eigenvalue weighted by Gasteiger charge is 2.48. The van der Waals surface area contributed by atoms with E-state index in [1.54, 1.807) is 0 Å². The zero-order valence-electron chi connectivity index (χ0n) is 15.1. The van der Waals surface area contributed by atoms with Crippen LogP contribution < -0.4 is 10.6 Å². The highest BCUT2D eigenvalue weighted by Crippen LogP contribution is 2.40. The zero-order chi connectivity index (χ0) is 18.1. The fourth-order valence-electron chi connectivity index (χ4n) is 3.28. The van der Waals surface area contributed by atoms with Crippen molar-refractivity contribution in [3.05, 3.63) is 58.7 Å². The number of para-hydroxylation sites is 1. The summed E-state index contributed by atoms with van der Waals surface area (Å²) < 4.78 is 0. The first-order chi connectivity index (χ1) is 11.8. The lowest BCUT2D eigenvalue weighted by Gasteiger charge is -2.11. The Morgan fingerprint density at radius 1 is 0.840 bits per heavy atom. The minimum atomic E-state index is -0.245. The number of amides is 2. The second-order valence-corrected chi connectivity index (χ2v) is 7.07. The summed E-state index contributed by atoms with van der Waals surface area (Å²) in [6.45, 7) is 7.95. The number of carbonyl (C=O) groups is 2. The number of benzene rings is 2. The van der Waals surface area contributed by atoms with Crippen LogP contribution in [0.5, 0.6) is 0 Å². The molecular formula is C21H24N2O2. The molecule has 2 amide bonds. The predicted molar refractivity (Wildman–Crippen MR) is 101 cm³/mol. The second-order valence-electron chi connectivity index (χ2n) is 7.07. The molecule has 25 heavy (non-hydrogen) atoms. The minimum Gasteiger partial charge on any atom is -0.326 e. The second kappa shape index (κ2) is 6.71. The van der Waals surface area contributed by atoms with Gasteiger partial charge < -0.3 is 10.6 Å². The molecule has 4 heteroatoms. The van der Waals surface area contributed by atoms with Gasteiger partial charge in [0, 0.05) is 11.4 Å². The van der Waals surface area contributed by atoms with Crippen LogP contribution in [-0.4, -0.2) is 11.8 Å². The molecule has 1 aliphatic carbocycles. The fourth-order valence-corrected chi connectivity index (χ4v) is 3.28. The largest absolute Gasteiger partial charge is 0.326 e. The molecule has 0 spiro atoms. The average molecular weight is 336 g/mol. The van der Waals surface area contributed by atoms with Gasteiger partial charge >= 0.3 is 0 Å². The SMILES string of the molecule is Cc1cc(C)cc(NC(=O)C2CC2C(=O)Nc2c(C)cccc2C)c1. The van der Waals surface area contributed by atoms with E-state index in [0.29, 0.717) is 6.42 Å². The van der Waals surface area contributed by atoms with Crippen molar-refractivity contribution >= 4 is 23.2 Å². The quantitative estimate of drug-likeness (QED) is 0.882. The van der Waals surface area contributed by atoms with Crippen molar-refractivity contribution in [3.63, 3.8) is 0 Å². The van der Waals surface area contributed by atoms with Crippen molar-refractivity contribution < 1.29 is 9.59 Å². The van der Waals surface area contributed by atoms with E-state index in [1.807, 2.05) is 58.0 Å². The third kappa shape index (κ3) is 3.90. The molecule has 0 bridgehead atoms. The third-order valence-electron chi connectivity index (χ3n) is 4.68. The highest BCUT2D eigenvalue weighted by atomic mass is 16.2. The Morgan fingerprint density at radius 3 is 1.92 bits per heavy atom. The van der Waals surface area contributed by atoms with Crippen molar-refractivity contribution in [2.45, 2.75) is 34.1 Å². The molecule has 2 atom stereocenters.